The molecule has 7 nitrogen and oxygen atoms in total. The Labute approximate surface area is 199 Å². The Morgan fingerprint density at radius 3 is 1.88 bits per heavy atom. The highest BCUT2D eigenvalue weighted by Gasteiger charge is 2.22. The summed E-state index contributed by atoms with van der Waals surface area (Å²) in [6, 6.07) is 19.7. The van der Waals surface area contributed by atoms with Crippen LogP contribution in [0.5, 0.6) is 28.7 Å². The van der Waals surface area contributed by atoms with E-state index in [0.717, 1.165) is 28.1 Å². The van der Waals surface area contributed by atoms with Crippen LogP contribution in [0, 0.1) is 0 Å². The molecule has 176 valence electrons. The molecule has 0 amide bonds. The van der Waals surface area contributed by atoms with E-state index in [-0.39, 0.29) is 0 Å². The van der Waals surface area contributed by atoms with Gasteiger partial charge >= 0.3 is 0 Å². The largest absolute Gasteiger partial charge is 0.497 e. The highest BCUT2D eigenvalue weighted by atomic mass is 16.5. The lowest BCUT2D eigenvalue weighted by molar-refractivity contribution is 0.349. The van der Waals surface area contributed by atoms with Crippen LogP contribution in [-0.4, -0.2) is 45.1 Å². The molecule has 0 saturated heterocycles. The zero-order chi connectivity index (χ0) is 24.1. The van der Waals surface area contributed by atoms with E-state index in [1.54, 1.807) is 35.5 Å². The van der Waals surface area contributed by atoms with Gasteiger partial charge in [0.05, 0.1) is 53.3 Å². The maximum atomic E-state index is 5.77. The van der Waals surface area contributed by atoms with Crippen LogP contribution in [0.3, 0.4) is 0 Å². The standard InChI is InChI=1S/C27H28N2O5/c1-30-20-11-19(12-21(13-20)31-2)26-27(29(17-28-26)16-18-9-7-6-8-10-18)22-14-24(33-4)25(34-5)15-23(22)32-3/h6-15,17H,16H2,1-5H3. The number of nitrogens with zero attached hydrogens (tertiary/aromatic N) is 2. The second kappa shape index (κ2) is 10.2. The summed E-state index contributed by atoms with van der Waals surface area (Å²) in [5.74, 6) is 3.18. The molecule has 3 aromatic carbocycles. The Balaban J connectivity index is 1.98. The van der Waals surface area contributed by atoms with Gasteiger partial charge in [-0.25, -0.2) is 4.98 Å². The van der Waals surface area contributed by atoms with Gasteiger partial charge in [-0.15, -0.1) is 0 Å². The van der Waals surface area contributed by atoms with Crippen molar-refractivity contribution in [2.75, 3.05) is 35.5 Å². The van der Waals surface area contributed by atoms with Crippen molar-refractivity contribution in [2.24, 2.45) is 0 Å². The van der Waals surface area contributed by atoms with Gasteiger partial charge in [-0.1, -0.05) is 30.3 Å². The van der Waals surface area contributed by atoms with Crippen LogP contribution in [0.2, 0.25) is 0 Å². The molecule has 0 aliphatic carbocycles. The predicted octanol–water partition coefficient (Wildman–Crippen LogP) is 5.31. The van der Waals surface area contributed by atoms with Crippen LogP contribution >= 0.6 is 0 Å². The van der Waals surface area contributed by atoms with Gasteiger partial charge in [-0.05, 0) is 23.8 Å². The summed E-state index contributed by atoms with van der Waals surface area (Å²) in [6.45, 7) is 0.627. The topological polar surface area (TPSA) is 64.0 Å². The van der Waals surface area contributed by atoms with Crippen molar-refractivity contribution < 1.29 is 23.7 Å². The third-order valence-electron chi connectivity index (χ3n) is 5.62. The van der Waals surface area contributed by atoms with Gasteiger partial charge in [-0.2, -0.15) is 0 Å². The van der Waals surface area contributed by atoms with Crippen molar-refractivity contribution in [2.45, 2.75) is 6.54 Å². The maximum absolute atomic E-state index is 5.77. The molecule has 4 rings (SSSR count). The van der Waals surface area contributed by atoms with Crippen molar-refractivity contribution in [3.05, 3.63) is 72.6 Å². The quantitative estimate of drug-likeness (QED) is 0.337. The number of ether oxygens (including phenoxy) is 5. The van der Waals surface area contributed by atoms with Crippen LogP contribution in [-0.2, 0) is 6.54 Å². The molecule has 7 heteroatoms. The molecular weight excluding hydrogens is 432 g/mol. The summed E-state index contributed by atoms with van der Waals surface area (Å²) in [5.41, 5.74) is 4.46. The van der Waals surface area contributed by atoms with Crippen molar-refractivity contribution >= 4 is 0 Å². The second-order valence-corrected chi connectivity index (χ2v) is 7.56. The summed E-state index contributed by atoms with van der Waals surface area (Å²) >= 11 is 0. The van der Waals surface area contributed by atoms with Gasteiger partial charge in [0.2, 0.25) is 0 Å². The maximum Gasteiger partial charge on any atom is 0.164 e. The molecule has 0 atom stereocenters. The first-order valence-electron chi connectivity index (χ1n) is 10.7. The molecule has 0 fully saturated rings. The average molecular weight is 461 g/mol. The summed E-state index contributed by atoms with van der Waals surface area (Å²) in [5, 5.41) is 0. The molecule has 4 aromatic rings. The predicted molar refractivity (Wildman–Crippen MR) is 131 cm³/mol. The number of aromatic nitrogens is 2. The molecule has 0 spiro atoms. The first kappa shape index (κ1) is 23.0. The van der Waals surface area contributed by atoms with E-state index in [1.165, 1.54) is 0 Å². The molecule has 0 radical (unpaired) electrons. The molecule has 1 heterocycles. The number of benzene rings is 3. The number of hydrogen-bond acceptors (Lipinski definition) is 6. The Morgan fingerprint density at radius 1 is 0.676 bits per heavy atom. The average Bonchev–Trinajstić information content (AvgIpc) is 3.31. The molecule has 0 N–H and O–H groups in total. The second-order valence-electron chi connectivity index (χ2n) is 7.56. The first-order chi connectivity index (χ1) is 16.6. The number of hydrogen-bond donors (Lipinski definition) is 0. The lowest BCUT2D eigenvalue weighted by Gasteiger charge is -2.17. The van der Waals surface area contributed by atoms with Gasteiger partial charge in [0, 0.05) is 29.8 Å². The molecule has 34 heavy (non-hydrogen) atoms. The summed E-state index contributed by atoms with van der Waals surface area (Å²) < 4.78 is 30.0. The zero-order valence-corrected chi connectivity index (χ0v) is 20.0. The summed E-state index contributed by atoms with van der Waals surface area (Å²) in [7, 11) is 8.11. The third kappa shape index (κ3) is 4.50. The van der Waals surface area contributed by atoms with E-state index in [4.69, 9.17) is 28.7 Å². The highest BCUT2D eigenvalue weighted by molar-refractivity contribution is 5.84. The Hall–Kier alpha value is -4.13. The van der Waals surface area contributed by atoms with E-state index < -0.39 is 0 Å². The van der Waals surface area contributed by atoms with Gasteiger partial charge in [0.1, 0.15) is 17.2 Å². The number of methoxy groups -OCH3 is 5. The van der Waals surface area contributed by atoms with E-state index in [2.05, 4.69) is 16.7 Å². The van der Waals surface area contributed by atoms with Crippen LogP contribution in [0.4, 0.5) is 0 Å². The molecule has 0 aliphatic heterocycles. The van der Waals surface area contributed by atoms with Gasteiger partial charge in [0.15, 0.2) is 11.5 Å². The third-order valence-corrected chi connectivity index (χ3v) is 5.62. The van der Waals surface area contributed by atoms with Crippen LogP contribution in [0.15, 0.2) is 67.0 Å². The van der Waals surface area contributed by atoms with Crippen molar-refractivity contribution in [1.82, 2.24) is 9.55 Å². The van der Waals surface area contributed by atoms with Gasteiger partial charge in [-0.3, -0.25) is 0 Å². The molecule has 0 bridgehead atoms. The molecule has 0 aliphatic rings. The Bertz CT molecular complexity index is 1250. The molecule has 1 aromatic heterocycles. The molecule has 0 saturated carbocycles. The van der Waals surface area contributed by atoms with E-state index in [9.17, 15) is 0 Å². The Kier molecular flexibility index (Phi) is 6.92. The minimum absolute atomic E-state index is 0.585. The SMILES string of the molecule is COc1cc(OC)cc(-c2ncn(Cc3ccccc3)c2-c2cc(OC)c(OC)cc2OC)c1. The number of rotatable bonds is 9. The fraction of sp³-hybridized carbons (Fsp3) is 0.222. The van der Waals surface area contributed by atoms with E-state index in [0.29, 0.717) is 35.3 Å². The van der Waals surface area contributed by atoms with E-state index in [1.807, 2.05) is 54.9 Å². The Morgan fingerprint density at radius 2 is 1.29 bits per heavy atom. The monoisotopic (exact) mass is 460 g/mol. The molecule has 0 unspecified atom stereocenters. The zero-order valence-electron chi connectivity index (χ0n) is 20.0. The summed E-state index contributed by atoms with van der Waals surface area (Å²) in [4.78, 5) is 4.81. The number of imidazole rings is 1. The van der Waals surface area contributed by atoms with Crippen molar-refractivity contribution in [3.8, 4) is 51.3 Å². The fourth-order valence-electron chi connectivity index (χ4n) is 3.93. The van der Waals surface area contributed by atoms with Crippen LogP contribution in [0.25, 0.3) is 22.5 Å². The van der Waals surface area contributed by atoms with Gasteiger partial charge in [0.25, 0.3) is 0 Å². The lowest BCUT2D eigenvalue weighted by atomic mass is 10.0. The molecular formula is C27H28N2O5. The van der Waals surface area contributed by atoms with E-state index >= 15 is 0 Å². The lowest BCUT2D eigenvalue weighted by Crippen LogP contribution is -2.03. The normalized spacial score (nSPS) is 10.6. The van der Waals surface area contributed by atoms with Crippen molar-refractivity contribution in [3.63, 3.8) is 0 Å². The smallest absolute Gasteiger partial charge is 0.164 e. The van der Waals surface area contributed by atoms with Crippen LogP contribution < -0.4 is 23.7 Å². The first-order valence-corrected chi connectivity index (χ1v) is 10.7. The van der Waals surface area contributed by atoms with Crippen molar-refractivity contribution in [1.29, 1.82) is 0 Å². The minimum atomic E-state index is 0.585. The fourth-order valence-corrected chi connectivity index (χ4v) is 3.93. The van der Waals surface area contributed by atoms with Crippen LogP contribution in [0.1, 0.15) is 5.56 Å². The van der Waals surface area contributed by atoms with Gasteiger partial charge < -0.3 is 28.3 Å². The minimum Gasteiger partial charge on any atom is -0.497 e. The highest BCUT2D eigenvalue weighted by Crippen LogP contribution is 2.44. The summed E-state index contributed by atoms with van der Waals surface area (Å²) in [6.07, 6.45) is 1.83.